The minimum Gasteiger partial charge on any atom is -0.497 e. The average molecular weight is 717 g/mol. The lowest BCUT2D eigenvalue weighted by Gasteiger charge is -2.23. The lowest BCUT2D eigenvalue weighted by Crippen LogP contribution is -2.17. The van der Waals surface area contributed by atoms with Gasteiger partial charge in [0.2, 0.25) is 11.8 Å². The van der Waals surface area contributed by atoms with E-state index in [1.165, 1.54) is 41.8 Å². The fraction of sp³-hybridized carbons (Fsp3) is 0.405. The number of halogens is 1. The summed E-state index contributed by atoms with van der Waals surface area (Å²) in [4.78, 5) is 24.6. The van der Waals surface area contributed by atoms with E-state index in [1.54, 1.807) is 32.9 Å². The highest BCUT2D eigenvalue weighted by Crippen LogP contribution is 2.43. The molecule has 1 atom stereocenters. The van der Waals surface area contributed by atoms with E-state index < -0.39 is 5.91 Å². The highest BCUT2D eigenvalue weighted by Gasteiger charge is 2.21. The molecule has 2 aromatic rings. The standard InChI is InChI=1S/C17H21NO2S.C15H17ClN2O2S.C4H10.CH5N/c1-5-17(18-12(3)19)21-16-9-11(2)8-13-6-7-14(20-4)10-15(13)16;1-8(14(17)19)15(18)21-12-5-3-4-10-9(12)6-7-11(20-2)13(10)16;1-4(2)3;1-2/h5-7,9-11H,8H2,1-4H3,(H,18,19);5-7H,3-4,18H2,1-2H3,(H2,17,19);4H,1-3H3;2H2,1H3/b17-5+;15-8+;;. The summed E-state index contributed by atoms with van der Waals surface area (Å²) in [5.41, 5.74) is 20.7. The van der Waals surface area contributed by atoms with E-state index in [9.17, 15) is 9.59 Å². The zero-order valence-corrected chi connectivity index (χ0v) is 32.3. The summed E-state index contributed by atoms with van der Waals surface area (Å²) in [7, 11) is 4.78. The third kappa shape index (κ3) is 13.3. The molecule has 0 bridgehead atoms. The molecule has 0 radical (unpaired) electrons. The van der Waals surface area contributed by atoms with Crippen molar-refractivity contribution in [1.29, 1.82) is 0 Å². The SMILES string of the molecule is C/C=C(\NC(C)=O)SC1=CC(C)Cc2ccc(OC)cc21.CC(C)C.CN.COc1ccc2c(c1Cl)CCC=C2S/C(N)=C(\C)C(N)=O. The molecule has 7 N–H and O–H groups in total. The minimum atomic E-state index is -0.510. The third-order valence-corrected chi connectivity index (χ3v) is 9.40. The van der Waals surface area contributed by atoms with Gasteiger partial charge in [0.25, 0.3) is 0 Å². The van der Waals surface area contributed by atoms with Crippen molar-refractivity contribution in [2.75, 3.05) is 21.3 Å². The van der Waals surface area contributed by atoms with Crippen molar-refractivity contribution in [3.8, 4) is 11.5 Å². The van der Waals surface area contributed by atoms with Crippen LogP contribution in [0.2, 0.25) is 5.02 Å². The first-order valence-electron chi connectivity index (χ1n) is 15.8. The van der Waals surface area contributed by atoms with Gasteiger partial charge in [-0.25, -0.2) is 0 Å². The number of fused-ring (bicyclic) bond motifs is 2. The van der Waals surface area contributed by atoms with Crippen LogP contribution in [0.5, 0.6) is 11.5 Å². The summed E-state index contributed by atoms with van der Waals surface area (Å²) in [5.74, 6) is 2.29. The molecule has 4 rings (SSSR count). The first-order chi connectivity index (χ1) is 22.7. The predicted octanol–water partition coefficient (Wildman–Crippen LogP) is 8.24. The Hall–Kier alpha value is -3.31. The summed E-state index contributed by atoms with van der Waals surface area (Å²) in [6.45, 7) is 13.8. The van der Waals surface area contributed by atoms with E-state index in [1.807, 2.05) is 31.2 Å². The molecule has 8 nitrogen and oxygen atoms in total. The van der Waals surface area contributed by atoms with E-state index in [-0.39, 0.29) is 5.91 Å². The fourth-order valence-electron chi connectivity index (χ4n) is 4.48. The molecule has 2 aliphatic carbocycles. The van der Waals surface area contributed by atoms with Crippen LogP contribution < -0.4 is 32.0 Å². The van der Waals surface area contributed by atoms with Gasteiger partial charge in [-0.1, -0.05) is 87.1 Å². The second-order valence-electron chi connectivity index (χ2n) is 11.6. The zero-order chi connectivity index (χ0) is 36.6. The highest BCUT2D eigenvalue weighted by atomic mass is 35.5. The van der Waals surface area contributed by atoms with Crippen LogP contribution in [-0.2, 0) is 22.4 Å². The molecule has 2 amide bonds. The maximum absolute atomic E-state index is 11.3. The first-order valence-corrected chi connectivity index (χ1v) is 17.8. The molecule has 0 heterocycles. The Kier molecular flexibility index (Phi) is 19.2. The Morgan fingerprint density at radius 1 is 1.00 bits per heavy atom. The van der Waals surface area contributed by atoms with Gasteiger partial charge in [0.15, 0.2) is 0 Å². The molecule has 0 aliphatic heterocycles. The number of benzene rings is 2. The van der Waals surface area contributed by atoms with E-state index in [0.29, 0.717) is 27.3 Å². The number of thioether (sulfide) groups is 2. The largest absolute Gasteiger partial charge is 0.497 e. The van der Waals surface area contributed by atoms with Crippen LogP contribution in [0.1, 0.15) is 77.1 Å². The van der Waals surface area contributed by atoms with Gasteiger partial charge in [0, 0.05) is 22.3 Å². The van der Waals surface area contributed by atoms with Gasteiger partial charge in [0.05, 0.1) is 29.3 Å². The molecular formula is C37H53ClN4O4S2. The Bertz CT molecular complexity index is 1530. The zero-order valence-electron chi connectivity index (χ0n) is 30.0. The van der Waals surface area contributed by atoms with Crippen molar-refractivity contribution in [2.24, 2.45) is 29.0 Å². The van der Waals surface area contributed by atoms with Crippen molar-refractivity contribution in [1.82, 2.24) is 5.32 Å². The summed E-state index contributed by atoms with van der Waals surface area (Å²) in [5, 5.41) is 4.77. The number of primary amides is 1. The second-order valence-corrected chi connectivity index (χ2v) is 14.1. The van der Waals surface area contributed by atoms with Gasteiger partial charge >= 0.3 is 0 Å². The molecule has 0 fully saturated rings. The minimum absolute atomic E-state index is 0.0501. The van der Waals surface area contributed by atoms with Crippen LogP contribution in [0, 0.1) is 11.8 Å². The number of amides is 2. The monoisotopic (exact) mass is 716 g/mol. The summed E-state index contributed by atoms with van der Waals surface area (Å²) in [6, 6.07) is 10.0. The number of hydrogen-bond acceptors (Lipinski definition) is 8. The number of methoxy groups -OCH3 is 2. The molecule has 0 saturated heterocycles. The lowest BCUT2D eigenvalue weighted by molar-refractivity contribution is -0.118. The van der Waals surface area contributed by atoms with Crippen LogP contribution in [0.3, 0.4) is 0 Å². The summed E-state index contributed by atoms with van der Waals surface area (Å²) in [6.07, 6.45) is 9.04. The van der Waals surface area contributed by atoms with E-state index in [0.717, 1.165) is 52.0 Å². The topological polar surface area (TPSA) is 143 Å². The summed E-state index contributed by atoms with van der Waals surface area (Å²) >= 11 is 9.30. The number of rotatable bonds is 8. The Morgan fingerprint density at radius 2 is 1.65 bits per heavy atom. The maximum atomic E-state index is 11.3. The smallest absolute Gasteiger partial charge is 0.246 e. The van der Waals surface area contributed by atoms with E-state index >= 15 is 0 Å². The van der Waals surface area contributed by atoms with Crippen LogP contribution in [0.15, 0.2) is 64.2 Å². The molecule has 1 unspecified atom stereocenters. The van der Waals surface area contributed by atoms with Crippen LogP contribution in [0.4, 0.5) is 0 Å². The van der Waals surface area contributed by atoms with Crippen molar-refractivity contribution in [3.63, 3.8) is 0 Å². The number of carbonyl (C=O) groups is 2. The van der Waals surface area contributed by atoms with Crippen molar-refractivity contribution in [3.05, 3.63) is 91.5 Å². The van der Waals surface area contributed by atoms with E-state index in [4.69, 9.17) is 32.5 Å². The predicted molar refractivity (Wildman–Crippen MR) is 208 cm³/mol. The quantitative estimate of drug-likeness (QED) is 0.200. The third-order valence-electron chi connectivity index (χ3n) is 6.72. The van der Waals surface area contributed by atoms with Crippen LogP contribution in [-0.4, -0.2) is 33.1 Å². The lowest BCUT2D eigenvalue weighted by atomic mass is 9.90. The first kappa shape index (κ1) is 42.7. The van der Waals surface area contributed by atoms with Gasteiger partial charge in [-0.3, -0.25) is 9.59 Å². The molecule has 2 aliphatic rings. The molecule has 48 heavy (non-hydrogen) atoms. The molecule has 264 valence electrons. The normalized spacial score (nSPS) is 15.2. The number of nitrogens with two attached hydrogens (primary N) is 3. The molecular weight excluding hydrogens is 664 g/mol. The van der Waals surface area contributed by atoms with E-state index in [2.05, 4.69) is 63.0 Å². The highest BCUT2D eigenvalue weighted by molar-refractivity contribution is 8.12. The van der Waals surface area contributed by atoms with Crippen LogP contribution in [0.25, 0.3) is 9.81 Å². The van der Waals surface area contributed by atoms with Gasteiger partial charge in [-0.05, 0) is 98.5 Å². The van der Waals surface area contributed by atoms with Gasteiger partial charge < -0.3 is 32.0 Å². The van der Waals surface area contributed by atoms with Crippen molar-refractivity contribution < 1.29 is 19.1 Å². The average Bonchev–Trinajstić information content (AvgIpc) is 3.05. The molecule has 0 saturated carbocycles. The second kappa shape index (κ2) is 21.6. The van der Waals surface area contributed by atoms with Gasteiger partial charge in [0.1, 0.15) is 11.5 Å². The molecule has 2 aromatic carbocycles. The Morgan fingerprint density at radius 3 is 2.19 bits per heavy atom. The number of allylic oxidation sites excluding steroid dienone is 3. The number of carbonyl (C=O) groups excluding carboxylic acids is 2. The number of nitrogens with one attached hydrogen (secondary N) is 1. The maximum Gasteiger partial charge on any atom is 0.246 e. The van der Waals surface area contributed by atoms with Crippen LogP contribution >= 0.6 is 35.1 Å². The number of hydrogen-bond donors (Lipinski definition) is 4. The molecule has 0 spiro atoms. The van der Waals surface area contributed by atoms with Gasteiger partial charge in [-0.2, -0.15) is 0 Å². The van der Waals surface area contributed by atoms with Gasteiger partial charge in [-0.15, -0.1) is 0 Å². The number of ether oxygens (including phenoxy) is 2. The molecule has 11 heteroatoms. The summed E-state index contributed by atoms with van der Waals surface area (Å²) < 4.78 is 10.6. The fourth-order valence-corrected chi connectivity index (χ4v) is 6.96. The Balaban J connectivity index is 0.000000413. The molecule has 0 aromatic heterocycles. The Labute approximate surface area is 301 Å². The van der Waals surface area contributed by atoms with Crippen molar-refractivity contribution >= 4 is 56.7 Å². The van der Waals surface area contributed by atoms with Crippen molar-refractivity contribution in [2.45, 2.75) is 67.7 Å².